The predicted molar refractivity (Wildman–Crippen MR) is 71.6 cm³/mol. The van der Waals surface area contributed by atoms with E-state index in [1.54, 1.807) is 0 Å². The molecule has 0 atom stereocenters. The fourth-order valence-corrected chi connectivity index (χ4v) is 2.11. The lowest BCUT2D eigenvalue weighted by molar-refractivity contribution is -0.0124. The van der Waals surface area contributed by atoms with E-state index in [0.29, 0.717) is 5.56 Å². The molecule has 98 valence electrons. The molecule has 1 aliphatic carbocycles. The van der Waals surface area contributed by atoms with Crippen LogP contribution in [0, 0.1) is 0 Å². The fraction of sp³-hybridized carbons (Fsp3) is 0.500. The summed E-state index contributed by atoms with van der Waals surface area (Å²) >= 11 is 0. The molecular weight excluding hydrogens is 228 g/mol. The fourth-order valence-electron chi connectivity index (χ4n) is 2.11. The summed E-state index contributed by atoms with van der Waals surface area (Å²) in [7, 11) is 3.94. The van der Waals surface area contributed by atoms with Gasteiger partial charge in [-0.15, -0.1) is 0 Å². The first-order valence-electron chi connectivity index (χ1n) is 6.40. The largest absolute Gasteiger partial charge is 0.378 e. The summed E-state index contributed by atoms with van der Waals surface area (Å²) in [4.78, 5) is 19.2. The van der Waals surface area contributed by atoms with Gasteiger partial charge in [-0.2, -0.15) is 0 Å². The minimum atomic E-state index is -0.174. The second-order valence-corrected chi connectivity index (χ2v) is 4.90. The molecule has 1 aromatic rings. The Morgan fingerprint density at radius 3 is 2.39 bits per heavy atom. The van der Waals surface area contributed by atoms with Gasteiger partial charge in [0.25, 0.3) is 5.91 Å². The first-order chi connectivity index (χ1) is 8.66. The second-order valence-electron chi connectivity index (χ2n) is 4.90. The zero-order chi connectivity index (χ0) is 13.0. The van der Waals surface area contributed by atoms with E-state index < -0.39 is 0 Å². The van der Waals surface area contributed by atoms with Crippen molar-refractivity contribution in [3.05, 3.63) is 29.8 Å². The standard InChI is InChI=1S/C14H20N2O2/c1-16(2)12-9-7-11(8-10-12)14(17)15-18-13-5-3-4-6-13/h7-10,13H,3-6H2,1-2H3,(H,15,17). The minimum absolute atomic E-state index is 0.174. The maximum absolute atomic E-state index is 11.8. The molecule has 0 saturated heterocycles. The van der Waals surface area contributed by atoms with Crippen LogP contribution in [0.5, 0.6) is 0 Å². The number of rotatable bonds is 4. The Kier molecular flexibility index (Phi) is 4.20. The van der Waals surface area contributed by atoms with Crippen molar-refractivity contribution in [1.82, 2.24) is 5.48 Å². The van der Waals surface area contributed by atoms with E-state index in [1.165, 1.54) is 12.8 Å². The molecule has 4 heteroatoms. The number of benzene rings is 1. The van der Waals surface area contributed by atoms with Gasteiger partial charge in [-0.25, -0.2) is 5.48 Å². The number of hydroxylamine groups is 1. The maximum atomic E-state index is 11.8. The molecule has 0 aliphatic heterocycles. The molecule has 2 rings (SSSR count). The molecular formula is C14H20N2O2. The lowest BCUT2D eigenvalue weighted by Crippen LogP contribution is -2.28. The highest BCUT2D eigenvalue weighted by Gasteiger charge is 2.17. The average molecular weight is 248 g/mol. The Morgan fingerprint density at radius 2 is 1.83 bits per heavy atom. The monoisotopic (exact) mass is 248 g/mol. The van der Waals surface area contributed by atoms with Crippen molar-refractivity contribution >= 4 is 11.6 Å². The molecule has 1 amide bonds. The first kappa shape index (κ1) is 12.9. The molecule has 1 N–H and O–H groups in total. The second kappa shape index (κ2) is 5.87. The van der Waals surface area contributed by atoms with E-state index in [0.717, 1.165) is 18.5 Å². The molecule has 18 heavy (non-hydrogen) atoms. The number of carbonyl (C=O) groups is 1. The van der Waals surface area contributed by atoms with Crippen molar-refractivity contribution in [3.8, 4) is 0 Å². The summed E-state index contributed by atoms with van der Waals surface area (Å²) in [6.45, 7) is 0. The van der Waals surface area contributed by atoms with Gasteiger partial charge in [0, 0.05) is 25.3 Å². The summed E-state index contributed by atoms with van der Waals surface area (Å²) in [5.41, 5.74) is 4.23. The van der Waals surface area contributed by atoms with Crippen molar-refractivity contribution in [2.24, 2.45) is 0 Å². The van der Waals surface area contributed by atoms with E-state index >= 15 is 0 Å². The molecule has 1 aromatic carbocycles. The van der Waals surface area contributed by atoms with Gasteiger partial charge in [0.1, 0.15) is 0 Å². The molecule has 0 aromatic heterocycles. The molecule has 1 saturated carbocycles. The lowest BCUT2D eigenvalue weighted by Gasteiger charge is -2.13. The summed E-state index contributed by atoms with van der Waals surface area (Å²) < 4.78 is 0. The lowest BCUT2D eigenvalue weighted by atomic mass is 10.2. The van der Waals surface area contributed by atoms with Crippen LogP contribution in [0.25, 0.3) is 0 Å². The van der Waals surface area contributed by atoms with Crippen LogP contribution in [-0.4, -0.2) is 26.1 Å². The number of hydrogen-bond acceptors (Lipinski definition) is 3. The van der Waals surface area contributed by atoms with Crippen molar-refractivity contribution in [1.29, 1.82) is 0 Å². The Morgan fingerprint density at radius 1 is 1.22 bits per heavy atom. The van der Waals surface area contributed by atoms with Crippen LogP contribution < -0.4 is 10.4 Å². The van der Waals surface area contributed by atoms with Gasteiger partial charge < -0.3 is 4.90 Å². The molecule has 1 fully saturated rings. The molecule has 1 aliphatic rings. The van der Waals surface area contributed by atoms with E-state index in [-0.39, 0.29) is 12.0 Å². The van der Waals surface area contributed by atoms with Crippen LogP contribution in [0.4, 0.5) is 5.69 Å². The molecule has 0 radical (unpaired) electrons. The number of nitrogens with zero attached hydrogens (tertiary/aromatic N) is 1. The smallest absolute Gasteiger partial charge is 0.274 e. The van der Waals surface area contributed by atoms with E-state index in [2.05, 4.69) is 5.48 Å². The van der Waals surface area contributed by atoms with Crippen molar-refractivity contribution in [2.75, 3.05) is 19.0 Å². The van der Waals surface area contributed by atoms with Crippen LogP contribution >= 0.6 is 0 Å². The topological polar surface area (TPSA) is 41.6 Å². The van der Waals surface area contributed by atoms with Gasteiger partial charge in [0.2, 0.25) is 0 Å². The van der Waals surface area contributed by atoms with Gasteiger partial charge in [-0.3, -0.25) is 9.63 Å². The number of amides is 1. The molecule has 0 bridgehead atoms. The summed E-state index contributed by atoms with van der Waals surface area (Å²) in [6.07, 6.45) is 4.66. The van der Waals surface area contributed by atoms with Crippen molar-refractivity contribution in [3.63, 3.8) is 0 Å². The van der Waals surface area contributed by atoms with Gasteiger partial charge >= 0.3 is 0 Å². The van der Waals surface area contributed by atoms with Gasteiger partial charge in [-0.1, -0.05) is 12.8 Å². The minimum Gasteiger partial charge on any atom is -0.378 e. The third-order valence-electron chi connectivity index (χ3n) is 3.27. The molecule has 4 nitrogen and oxygen atoms in total. The number of carbonyl (C=O) groups excluding carboxylic acids is 1. The van der Waals surface area contributed by atoms with Crippen LogP contribution in [0.3, 0.4) is 0 Å². The zero-order valence-electron chi connectivity index (χ0n) is 11.0. The Hall–Kier alpha value is -1.55. The Bertz CT molecular complexity index is 395. The first-order valence-corrected chi connectivity index (χ1v) is 6.40. The third-order valence-corrected chi connectivity index (χ3v) is 3.27. The van der Waals surface area contributed by atoms with Gasteiger partial charge in [-0.05, 0) is 37.1 Å². The summed E-state index contributed by atoms with van der Waals surface area (Å²) in [5.74, 6) is -0.174. The van der Waals surface area contributed by atoms with Crippen molar-refractivity contribution in [2.45, 2.75) is 31.8 Å². The van der Waals surface area contributed by atoms with E-state index in [4.69, 9.17) is 4.84 Å². The van der Waals surface area contributed by atoms with E-state index in [1.807, 2.05) is 43.3 Å². The van der Waals surface area contributed by atoms with Crippen LogP contribution in [0.1, 0.15) is 36.0 Å². The molecule has 0 heterocycles. The van der Waals surface area contributed by atoms with E-state index in [9.17, 15) is 4.79 Å². The number of hydrogen-bond donors (Lipinski definition) is 1. The summed E-state index contributed by atoms with van der Waals surface area (Å²) in [6, 6.07) is 7.46. The zero-order valence-corrected chi connectivity index (χ0v) is 11.0. The van der Waals surface area contributed by atoms with Crippen LogP contribution in [0.2, 0.25) is 0 Å². The quantitative estimate of drug-likeness (QED) is 0.832. The SMILES string of the molecule is CN(C)c1ccc(C(=O)NOC2CCCC2)cc1. The highest BCUT2D eigenvalue weighted by atomic mass is 16.7. The average Bonchev–Trinajstić information content (AvgIpc) is 2.89. The molecule has 0 spiro atoms. The van der Waals surface area contributed by atoms with Gasteiger partial charge in [0.05, 0.1) is 6.10 Å². The Balaban J connectivity index is 1.87. The number of nitrogens with one attached hydrogen (secondary N) is 1. The maximum Gasteiger partial charge on any atom is 0.274 e. The Labute approximate surface area is 108 Å². The normalized spacial score (nSPS) is 15.7. The van der Waals surface area contributed by atoms with Crippen molar-refractivity contribution < 1.29 is 9.63 Å². The molecule has 0 unspecified atom stereocenters. The third kappa shape index (κ3) is 3.23. The number of anilines is 1. The van der Waals surface area contributed by atoms with Crippen LogP contribution in [-0.2, 0) is 4.84 Å². The predicted octanol–water partition coefficient (Wildman–Crippen LogP) is 2.36. The highest BCUT2D eigenvalue weighted by Crippen LogP contribution is 2.20. The van der Waals surface area contributed by atoms with Crippen LogP contribution in [0.15, 0.2) is 24.3 Å². The summed E-state index contributed by atoms with van der Waals surface area (Å²) in [5, 5.41) is 0. The highest BCUT2D eigenvalue weighted by molar-refractivity contribution is 5.93. The van der Waals surface area contributed by atoms with Gasteiger partial charge in [0.15, 0.2) is 0 Å².